The maximum Gasteiger partial charge on any atom is 0.332 e. The second-order valence-corrected chi connectivity index (χ2v) is 9.14. The minimum Gasteiger partial charge on any atom is -0.466 e. The quantitative estimate of drug-likeness (QED) is 0.522. The topological polar surface area (TPSA) is 127 Å². The van der Waals surface area contributed by atoms with Gasteiger partial charge in [-0.15, -0.1) is 11.3 Å². The number of hydrogen-bond donors (Lipinski definition) is 2. The SMILES string of the molecule is COC(=O)/C=c1\sc2n(c1=O)C(N)=C(C#N)C(c1ccccc1F)C=2C(=O)Nc1ccc(C)c(C)c1. The molecule has 2 heterocycles. The zero-order valence-corrected chi connectivity index (χ0v) is 20.4. The van der Waals surface area contributed by atoms with Crippen molar-refractivity contribution in [2.45, 2.75) is 19.8 Å². The van der Waals surface area contributed by atoms with Crippen LogP contribution in [0, 0.1) is 31.0 Å². The Kier molecular flexibility index (Phi) is 6.59. The van der Waals surface area contributed by atoms with Gasteiger partial charge in [-0.05, 0) is 43.2 Å². The smallest absolute Gasteiger partial charge is 0.332 e. The third-order valence-corrected chi connectivity index (χ3v) is 7.05. The van der Waals surface area contributed by atoms with Crippen LogP contribution in [0.15, 0.2) is 52.8 Å². The number of carbonyl (C=O) groups excluding carboxylic acids is 2. The van der Waals surface area contributed by atoms with Gasteiger partial charge in [0, 0.05) is 17.3 Å². The highest BCUT2D eigenvalue weighted by atomic mass is 32.1. The van der Waals surface area contributed by atoms with Crippen LogP contribution in [-0.2, 0) is 14.3 Å². The first kappa shape index (κ1) is 24.6. The number of rotatable bonds is 4. The standard InChI is InChI=1S/C26H21FN4O4S/c1-13-8-9-15(10-14(13)2)30-24(33)22-21(16-6-4-5-7-18(16)27)17(12-28)23(29)31-25(34)19(36-26(22)31)11-20(32)35-3/h4-11,21H,29H2,1-3H3,(H,30,33)/b19-11-. The third-order valence-electron chi connectivity index (χ3n) is 5.94. The Balaban J connectivity index is 2.06. The summed E-state index contributed by atoms with van der Waals surface area (Å²) in [5, 5.41) is 12.8. The van der Waals surface area contributed by atoms with E-state index >= 15 is 0 Å². The van der Waals surface area contributed by atoms with Crippen molar-refractivity contribution in [2.75, 3.05) is 12.4 Å². The van der Waals surface area contributed by atoms with Gasteiger partial charge < -0.3 is 15.8 Å². The molecule has 1 amide bonds. The summed E-state index contributed by atoms with van der Waals surface area (Å²) >= 11 is 0.829. The van der Waals surface area contributed by atoms with E-state index in [0.717, 1.165) is 40.2 Å². The van der Waals surface area contributed by atoms with E-state index in [-0.39, 0.29) is 31.7 Å². The van der Waals surface area contributed by atoms with Gasteiger partial charge in [0.2, 0.25) is 0 Å². The molecule has 0 saturated carbocycles. The van der Waals surface area contributed by atoms with Crippen molar-refractivity contribution >= 4 is 46.4 Å². The minimum absolute atomic E-state index is 0.0457. The Bertz CT molecular complexity index is 1680. The van der Waals surface area contributed by atoms with Gasteiger partial charge >= 0.3 is 5.97 Å². The number of ether oxygens (including phenoxy) is 1. The fourth-order valence-electron chi connectivity index (χ4n) is 3.97. The van der Waals surface area contributed by atoms with Crippen molar-refractivity contribution in [3.8, 4) is 6.07 Å². The maximum absolute atomic E-state index is 15.0. The minimum atomic E-state index is -1.19. The normalized spacial score (nSPS) is 15.4. The average molecular weight is 505 g/mol. The number of nitrogens with two attached hydrogens (primary N) is 1. The number of carbonyl (C=O) groups is 2. The number of esters is 1. The van der Waals surface area contributed by atoms with Gasteiger partial charge in [0.25, 0.3) is 11.5 Å². The van der Waals surface area contributed by atoms with Gasteiger partial charge in [0.05, 0.1) is 30.2 Å². The molecule has 0 spiro atoms. The molecule has 0 radical (unpaired) electrons. The molecular weight excluding hydrogens is 483 g/mol. The molecule has 36 heavy (non-hydrogen) atoms. The van der Waals surface area contributed by atoms with Gasteiger partial charge in [-0.1, -0.05) is 24.3 Å². The lowest BCUT2D eigenvalue weighted by atomic mass is 9.83. The van der Waals surface area contributed by atoms with Gasteiger partial charge in [0.1, 0.15) is 20.8 Å². The molecule has 4 rings (SSSR count). The van der Waals surface area contributed by atoms with Crippen LogP contribution in [0.1, 0.15) is 22.6 Å². The number of thiazole rings is 1. The number of nitriles is 1. The van der Waals surface area contributed by atoms with Gasteiger partial charge in [-0.25, -0.2) is 9.18 Å². The highest BCUT2D eigenvalue weighted by Crippen LogP contribution is 2.37. The van der Waals surface area contributed by atoms with Crippen molar-refractivity contribution in [3.05, 3.63) is 90.1 Å². The molecule has 1 aromatic heterocycles. The number of aromatic nitrogens is 1. The predicted octanol–water partition coefficient (Wildman–Crippen LogP) is 1.86. The Hall–Kier alpha value is -4.49. The summed E-state index contributed by atoms with van der Waals surface area (Å²) in [5.74, 6) is -3.50. The second kappa shape index (κ2) is 9.64. The van der Waals surface area contributed by atoms with Crippen molar-refractivity contribution in [1.82, 2.24) is 4.57 Å². The predicted molar refractivity (Wildman–Crippen MR) is 134 cm³/mol. The van der Waals surface area contributed by atoms with Crippen LogP contribution in [0.2, 0.25) is 0 Å². The summed E-state index contributed by atoms with van der Waals surface area (Å²) in [6, 6.07) is 13.0. The molecule has 10 heteroatoms. The molecule has 8 nitrogen and oxygen atoms in total. The van der Waals surface area contributed by atoms with E-state index in [0.29, 0.717) is 5.69 Å². The van der Waals surface area contributed by atoms with Crippen LogP contribution in [0.4, 0.5) is 10.1 Å². The van der Waals surface area contributed by atoms with E-state index in [1.807, 2.05) is 26.0 Å². The number of anilines is 1. The maximum atomic E-state index is 15.0. The molecule has 3 N–H and O–H groups in total. The summed E-state index contributed by atoms with van der Waals surface area (Å²) in [6.45, 7) is 3.82. The zero-order chi connectivity index (χ0) is 26.1. The van der Waals surface area contributed by atoms with E-state index in [4.69, 9.17) is 5.73 Å². The molecular formula is C26H21FN4O4S. The van der Waals surface area contributed by atoms with Gasteiger partial charge in [-0.3, -0.25) is 14.2 Å². The number of amides is 1. The van der Waals surface area contributed by atoms with Gasteiger partial charge in [-0.2, -0.15) is 5.26 Å². The Morgan fingerprint density at radius 1 is 1.22 bits per heavy atom. The van der Waals surface area contributed by atoms with E-state index in [2.05, 4.69) is 10.1 Å². The van der Waals surface area contributed by atoms with Crippen LogP contribution in [0.5, 0.6) is 0 Å². The molecule has 1 unspecified atom stereocenters. The van der Waals surface area contributed by atoms with Crippen molar-refractivity contribution in [1.29, 1.82) is 5.26 Å². The van der Waals surface area contributed by atoms with E-state index in [1.165, 1.54) is 18.2 Å². The number of fused-ring (bicyclic) bond motifs is 1. The summed E-state index contributed by atoms with van der Waals surface area (Å²) in [4.78, 5) is 38.7. The first-order chi connectivity index (χ1) is 17.2. The number of nitrogens with one attached hydrogen (secondary N) is 1. The number of hydrogen-bond acceptors (Lipinski definition) is 7. The van der Waals surface area contributed by atoms with E-state index in [1.54, 1.807) is 18.2 Å². The summed E-state index contributed by atoms with van der Waals surface area (Å²) < 4.78 is 20.7. The van der Waals surface area contributed by atoms with E-state index in [9.17, 15) is 24.0 Å². The summed E-state index contributed by atoms with van der Waals surface area (Å²) in [6.07, 6.45) is 0.981. The Morgan fingerprint density at radius 2 is 1.94 bits per heavy atom. The molecule has 3 aromatic rings. The largest absolute Gasteiger partial charge is 0.466 e. The average Bonchev–Trinajstić information content (AvgIpc) is 3.17. The fourth-order valence-corrected chi connectivity index (χ4v) is 5.11. The Labute approximate surface area is 209 Å². The molecule has 182 valence electrons. The molecule has 0 bridgehead atoms. The Morgan fingerprint density at radius 3 is 2.58 bits per heavy atom. The summed E-state index contributed by atoms with van der Waals surface area (Å²) in [5.41, 5.74) is 7.83. The number of methoxy groups -OCH3 is 1. The van der Waals surface area contributed by atoms with Crippen molar-refractivity contribution in [2.24, 2.45) is 5.73 Å². The number of nitrogens with zero attached hydrogens (tertiary/aromatic N) is 2. The summed E-state index contributed by atoms with van der Waals surface area (Å²) in [7, 11) is 1.16. The molecule has 1 aliphatic heterocycles. The number of benzene rings is 2. The number of allylic oxidation sites excluding steroid dienone is 1. The lowest BCUT2D eigenvalue weighted by molar-refractivity contribution is -0.133. The van der Waals surface area contributed by atoms with Crippen LogP contribution >= 0.6 is 11.3 Å². The second-order valence-electron chi connectivity index (χ2n) is 8.11. The molecule has 0 saturated heterocycles. The molecule has 0 aliphatic carbocycles. The van der Waals surface area contributed by atoms with Gasteiger partial charge in [0.15, 0.2) is 0 Å². The highest BCUT2D eigenvalue weighted by molar-refractivity contribution is 7.07. The van der Waals surface area contributed by atoms with Crippen LogP contribution in [-0.4, -0.2) is 23.6 Å². The molecule has 0 fully saturated rings. The van der Waals surface area contributed by atoms with Crippen molar-refractivity contribution in [3.63, 3.8) is 0 Å². The van der Waals surface area contributed by atoms with Crippen LogP contribution in [0.25, 0.3) is 17.5 Å². The molecule has 1 aliphatic rings. The van der Waals surface area contributed by atoms with E-state index < -0.39 is 29.2 Å². The lowest BCUT2D eigenvalue weighted by Crippen LogP contribution is -2.41. The van der Waals surface area contributed by atoms with Crippen LogP contribution < -0.4 is 25.8 Å². The highest BCUT2D eigenvalue weighted by Gasteiger charge is 2.37. The number of aryl methyl sites for hydroxylation is 2. The number of halogens is 1. The van der Waals surface area contributed by atoms with Crippen LogP contribution in [0.3, 0.4) is 0 Å². The first-order valence-electron chi connectivity index (χ1n) is 10.8. The lowest BCUT2D eigenvalue weighted by Gasteiger charge is -2.25. The molecule has 1 atom stereocenters. The van der Waals surface area contributed by atoms with Crippen molar-refractivity contribution < 1.29 is 18.7 Å². The molecule has 2 aromatic carbocycles. The third kappa shape index (κ3) is 4.21. The first-order valence-corrected chi connectivity index (χ1v) is 11.6. The zero-order valence-electron chi connectivity index (χ0n) is 19.6. The monoisotopic (exact) mass is 504 g/mol. The fraction of sp³-hybridized carbons (Fsp3) is 0.154.